The van der Waals surface area contributed by atoms with Gasteiger partial charge >= 0.3 is 0 Å². The Labute approximate surface area is 130 Å². The first kappa shape index (κ1) is 15.3. The van der Waals surface area contributed by atoms with Gasteiger partial charge in [-0.3, -0.25) is 4.79 Å². The van der Waals surface area contributed by atoms with Crippen molar-refractivity contribution in [2.45, 2.75) is 6.92 Å². The van der Waals surface area contributed by atoms with Crippen molar-refractivity contribution in [2.75, 3.05) is 17.6 Å². The van der Waals surface area contributed by atoms with Crippen LogP contribution in [0.3, 0.4) is 0 Å². The first-order valence-corrected chi connectivity index (χ1v) is 7.20. The summed E-state index contributed by atoms with van der Waals surface area (Å²) in [5.74, 6) is -0.596. The lowest BCUT2D eigenvalue weighted by molar-refractivity contribution is 0.0956. The van der Waals surface area contributed by atoms with Crippen molar-refractivity contribution in [1.82, 2.24) is 5.32 Å². The van der Waals surface area contributed by atoms with Crippen LogP contribution in [0.15, 0.2) is 40.9 Å². The molecule has 0 aliphatic carbocycles. The number of halogens is 2. The number of hydrogen-bond acceptors (Lipinski definition) is 3. The molecule has 1 amide bonds. The molecular weight excluding hydrogens is 337 g/mol. The van der Waals surface area contributed by atoms with Crippen molar-refractivity contribution in [3.63, 3.8) is 0 Å². The van der Waals surface area contributed by atoms with Gasteiger partial charge in [-0.2, -0.15) is 0 Å². The molecule has 0 spiro atoms. The van der Waals surface area contributed by atoms with Crippen LogP contribution in [0.4, 0.5) is 21.5 Å². The molecule has 0 aliphatic rings. The van der Waals surface area contributed by atoms with Crippen LogP contribution >= 0.6 is 15.9 Å². The molecule has 2 aromatic carbocycles. The molecule has 2 aromatic rings. The molecule has 0 bridgehead atoms. The summed E-state index contributed by atoms with van der Waals surface area (Å²) < 4.78 is 13.9. The van der Waals surface area contributed by atoms with Crippen molar-refractivity contribution < 1.29 is 9.18 Å². The van der Waals surface area contributed by atoms with Crippen LogP contribution in [-0.4, -0.2) is 12.5 Å². The van der Waals surface area contributed by atoms with Crippen LogP contribution in [0.2, 0.25) is 0 Å². The average molecular weight is 352 g/mol. The maximum atomic E-state index is 13.6. The molecule has 0 atom stereocenters. The molecule has 0 aliphatic heterocycles. The molecule has 0 saturated heterocycles. The fourth-order valence-corrected chi connectivity index (χ4v) is 2.10. The fourth-order valence-electron chi connectivity index (χ4n) is 1.85. The highest BCUT2D eigenvalue weighted by atomic mass is 79.9. The summed E-state index contributed by atoms with van der Waals surface area (Å²) in [7, 11) is 0. The van der Waals surface area contributed by atoms with Crippen LogP contribution in [0.5, 0.6) is 0 Å². The smallest absolute Gasteiger partial charge is 0.253 e. The molecule has 0 radical (unpaired) electrons. The van der Waals surface area contributed by atoms with Crippen LogP contribution in [0, 0.1) is 5.82 Å². The van der Waals surface area contributed by atoms with Gasteiger partial charge in [-0.25, -0.2) is 4.39 Å². The van der Waals surface area contributed by atoms with E-state index in [1.54, 1.807) is 30.3 Å². The second-order valence-electron chi connectivity index (χ2n) is 4.42. The quantitative estimate of drug-likeness (QED) is 0.736. The SMILES string of the molecule is CCNC(=O)c1ccc(N)cc1Nc1ccc(Br)c(F)c1. The first-order chi connectivity index (χ1) is 10.0. The van der Waals surface area contributed by atoms with Gasteiger partial charge in [0, 0.05) is 17.9 Å². The summed E-state index contributed by atoms with van der Waals surface area (Å²) in [4.78, 5) is 12.0. The second-order valence-corrected chi connectivity index (χ2v) is 5.27. The van der Waals surface area contributed by atoms with Gasteiger partial charge in [-0.05, 0) is 59.3 Å². The van der Waals surface area contributed by atoms with Gasteiger partial charge in [0.1, 0.15) is 5.82 Å². The van der Waals surface area contributed by atoms with E-state index in [2.05, 4.69) is 26.6 Å². The third-order valence-electron chi connectivity index (χ3n) is 2.82. The monoisotopic (exact) mass is 351 g/mol. The maximum absolute atomic E-state index is 13.6. The van der Waals surface area contributed by atoms with E-state index in [0.29, 0.717) is 33.6 Å². The minimum atomic E-state index is -0.386. The summed E-state index contributed by atoms with van der Waals surface area (Å²) in [6.07, 6.45) is 0. The van der Waals surface area contributed by atoms with Crippen molar-refractivity contribution >= 4 is 38.9 Å². The minimum Gasteiger partial charge on any atom is -0.399 e. The minimum absolute atomic E-state index is 0.211. The van der Waals surface area contributed by atoms with Gasteiger partial charge in [0.15, 0.2) is 0 Å². The highest BCUT2D eigenvalue weighted by Gasteiger charge is 2.12. The zero-order valence-corrected chi connectivity index (χ0v) is 13.0. The predicted octanol–water partition coefficient (Wildman–Crippen LogP) is 3.66. The molecule has 6 heteroatoms. The number of nitrogens with two attached hydrogens (primary N) is 1. The number of anilines is 3. The van der Waals surface area contributed by atoms with E-state index in [9.17, 15) is 9.18 Å². The molecule has 0 aromatic heterocycles. The summed E-state index contributed by atoms with van der Waals surface area (Å²) in [5, 5.41) is 5.75. The average Bonchev–Trinajstić information content (AvgIpc) is 2.43. The van der Waals surface area contributed by atoms with Crippen molar-refractivity contribution in [2.24, 2.45) is 0 Å². The summed E-state index contributed by atoms with van der Waals surface area (Å²) in [6.45, 7) is 2.36. The number of carbonyl (C=O) groups excluding carboxylic acids is 1. The summed E-state index contributed by atoms with van der Waals surface area (Å²) in [5.41, 5.74) is 7.79. The second kappa shape index (κ2) is 6.58. The van der Waals surface area contributed by atoms with Crippen molar-refractivity contribution in [3.8, 4) is 0 Å². The molecule has 4 N–H and O–H groups in total. The Kier molecular flexibility index (Phi) is 4.80. The third kappa shape index (κ3) is 3.72. The Hall–Kier alpha value is -2.08. The number of nitrogen functional groups attached to an aromatic ring is 1. The zero-order chi connectivity index (χ0) is 15.4. The lowest BCUT2D eigenvalue weighted by Crippen LogP contribution is -2.23. The lowest BCUT2D eigenvalue weighted by Gasteiger charge is -2.13. The van der Waals surface area contributed by atoms with E-state index < -0.39 is 0 Å². The number of rotatable bonds is 4. The van der Waals surface area contributed by atoms with Crippen molar-refractivity contribution in [1.29, 1.82) is 0 Å². The van der Waals surface area contributed by atoms with Crippen LogP contribution in [-0.2, 0) is 0 Å². The van der Waals surface area contributed by atoms with E-state index >= 15 is 0 Å². The molecule has 21 heavy (non-hydrogen) atoms. The highest BCUT2D eigenvalue weighted by Crippen LogP contribution is 2.26. The van der Waals surface area contributed by atoms with Gasteiger partial charge < -0.3 is 16.4 Å². The topological polar surface area (TPSA) is 67.2 Å². The molecule has 4 nitrogen and oxygen atoms in total. The zero-order valence-electron chi connectivity index (χ0n) is 11.4. The van der Waals surface area contributed by atoms with Gasteiger partial charge in [0.2, 0.25) is 0 Å². The number of hydrogen-bond donors (Lipinski definition) is 3. The Bertz CT molecular complexity index is 676. The number of amides is 1. The number of carbonyl (C=O) groups is 1. The molecule has 0 unspecified atom stereocenters. The van der Waals surface area contributed by atoms with E-state index in [-0.39, 0.29) is 11.7 Å². The first-order valence-electron chi connectivity index (χ1n) is 6.41. The van der Waals surface area contributed by atoms with Gasteiger partial charge in [-0.1, -0.05) is 0 Å². The van der Waals surface area contributed by atoms with Gasteiger partial charge in [0.05, 0.1) is 15.7 Å². The fraction of sp³-hybridized carbons (Fsp3) is 0.133. The third-order valence-corrected chi connectivity index (χ3v) is 3.47. The van der Waals surface area contributed by atoms with Crippen molar-refractivity contribution in [3.05, 3.63) is 52.3 Å². The van der Waals surface area contributed by atoms with E-state index in [4.69, 9.17) is 5.73 Å². The Morgan fingerprint density at radius 2 is 2.05 bits per heavy atom. The lowest BCUT2D eigenvalue weighted by atomic mass is 10.1. The van der Waals surface area contributed by atoms with Crippen LogP contribution < -0.4 is 16.4 Å². The normalized spacial score (nSPS) is 10.2. The molecule has 0 heterocycles. The Morgan fingerprint density at radius 3 is 2.71 bits per heavy atom. The largest absolute Gasteiger partial charge is 0.399 e. The number of benzene rings is 2. The highest BCUT2D eigenvalue weighted by molar-refractivity contribution is 9.10. The van der Waals surface area contributed by atoms with Gasteiger partial charge in [-0.15, -0.1) is 0 Å². The predicted molar refractivity (Wildman–Crippen MR) is 86.2 cm³/mol. The molecule has 110 valence electrons. The molecule has 0 fully saturated rings. The van der Waals surface area contributed by atoms with Gasteiger partial charge in [0.25, 0.3) is 5.91 Å². The van der Waals surface area contributed by atoms with E-state index in [1.807, 2.05) is 6.92 Å². The maximum Gasteiger partial charge on any atom is 0.253 e. The summed E-state index contributed by atoms with van der Waals surface area (Å²) in [6, 6.07) is 9.57. The van der Waals surface area contributed by atoms with Crippen LogP contribution in [0.25, 0.3) is 0 Å². The molecular formula is C15H15BrFN3O. The standard InChI is InChI=1S/C15H15BrFN3O/c1-2-19-15(21)11-5-3-9(18)7-14(11)20-10-4-6-12(16)13(17)8-10/h3-8,20H,2,18H2,1H3,(H,19,21). The van der Waals surface area contributed by atoms with Crippen LogP contribution in [0.1, 0.15) is 17.3 Å². The Morgan fingerprint density at radius 1 is 1.29 bits per heavy atom. The summed E-state index contributed by atoms with van der Waals surface area (Å²) >= 11 is 3.10. The molecule has 0 saturated carbocycles. The molecule has 2 rings (SSSR count). The van der Waals surface area contributed by atoms with E-state index in [0.717, 1.165) is 0 Å². The number of nitrogens with one attached hydrogen (secondary N) is 2. The van der Waals surface area contributed by atoms with E-state index in [1.165, 1.54) is 6.07 Å². The Balaban J connectivity index is 2.35.